The van der Waals surface area contributed by atoms with Gasteiger partial charge in [0, 0.05) is 11.3 Å². The van der Waals surface area contributed by atoms with E-state index in [1.807, 2.05) is 42.5 Å². The molecule has 0 bridgehead atoms. The van der Waals surface area contributed by atoms with Gasteiger partial charge in [0.05, 0.1) is 18.0 Å². The zero-order chi connectivity index (χ0) is 14.9. The molecule has 0 aliphatic carbocycles. The number of nitrogens with one attached hydrogen (secondary N) is 1. The largest absolute Gasteiger partial charge is 0.351 e. The molecule has 21 heavy (non-hydrogen) atoms. The highest BCUT2D eigenvalue weighted by Gasteiger charge is 2.03. The highest BCUT2D eigenvalue weighted by atomic mass is 32.1. The van der Waals surface area contributed by atoms with Crippen molar-refractivity contribution in [2.45, 2.75) is 19.4 Å². The molecule has 1 amide bonds. The van der Waals surface area contributed by atoms with Gasteiger partial charge in [-0.1, -0.05) is 42.2 Å². The number of nitrogens with two attached hydrogens (primary N) is 1. The fourth-order valence-electron chi connectivity index (χ4n) is 1.85. The number of carbonyl (C=O) groups is 1. The molecule has 0 aliphatic rings. The van der Waals surface area contributed by atoms with Gasteiger partial charge in [0.1, 0.15) is 0 Å². The van der Waals surface area contributed by atoms with E-state index in [9.17, 15) is 4.79 Å². The molecule has 0 atom stereocenters. The molecule has 0 radical (unpaired) electrons. The Morgan fingerprint density at radius 2 is 2.00 bits per heavy atom. The lowest BCUT2D eigenvalue weighted by molar-refractivity contribution is -0.121. The van der Waals surface area contributed by atoms with Crippen molar-refractivity contribution in [1.82, 2.24) is 5.32 Å². The zero-order valence-electron chi connectivity index (χ0n) is 11.8. The van der Waals surface area contributed by atoms with Gasteiger partial charge in [-0.15, -0.1) is 11.3 Å². The first-order chi connectivity index (χ1) is 10.3. The molecule has 3 nitrogen and oxygen atoms in total. The van der Waals surface area contributed by atoms with Crippen LogP contribution in [0.5, 0.6) is 0 Å². The summed E-state index contributed by atoms with van der Waals surface area (Å²) in [6, 6.07) is 14.0. The molecule has 2 aromatic rings. The zero-order valence-corrected chi connectivity index (χ0v) is 12.6. The topological polar surface area (TPSA) is 55.1 Å². The van der Waals surface area contributed by atoms with E-state index in [-0.39, 0.29) is 5.91 Å². The van der Waals surface area contributed by atoms with E-state index in [0.717, 1.165) is 16.2 Å². The Balaban J connectivity index is 1.75. The van der Waals surface area contributed by atoms with Crippen LogP contribution in [0.3, 0.4) is 0 Å². The Morgan fingerprint density at radius 1 is 1.19 bits per heavy atom. The molecule has 4 heteroatoms. The fourth-order valence-corrected chi connectivity index (χ4v) is 2.68. The van der Waals surface area contributed by atoms with Gasteiger partial charge >= 0.3 is 0 Å². The van der Waals surface area contributed by atoms with E-state index in [2.05, 4.69) is 17.2 Å². The molecule has 108 valence electrons. The predicted octanol–water partition coefficient (Wildman–Crippen LogP) is 2.31. The van der Waals surface area contributed by atoms with Gasteiger partial charge in [-0.3, -0.25) is 4.79 Å². The normalized spacial score (nSPS) is 9.76. The van der Waals surface area contributed by atoms with Crippen molar-refractivity contribution in [2.75, 3.05) is 6.54 Å². The molecule has 0 spiro atoms. The maximum absolute atomic E-state index is 11.8. The van der Waals surface area contributed by atoms with Crippen LogP contribution in [-0.4, -0.2) is 12.5 Å². The second-order valence-electron chi connectivity index (χ2n) is 4.53. The van der Waals surface area contributed by atoms with Gasteiger partial charge in [-0.2, -0.15) is 0 Å². The van der Waals surface area contributed by atoms with Gasteiger partial charge in [-0.05, 0) is 24.1 Å². The Kier molecular flexibility index (Phi) is 6.01. The Labute approximate surface area is 129 Å². The Bertz CT molecular complexity index is 638. The first-order valence-electron chi connectivity index (χ1n) is 6.86. The van der Waals surface area contributed by atoms with Crippen LogP contribution in [0.15, 0.2) is 42.5 Å². The maximum atomic E-state index is 11.8. The van der Waals surface area contributed by atoms with Crippen molar-refractivity contribution in [3.05, 3.63) is 57.8 Å². The standard InChI is InChI=1S/C17H18N2OS/c18-12-4-7-15-9-10-16(21-15)13-19-17(20)11-8-14-5-2-1-3-6-14/h1-3,5-6,9-10H,8,11-13,18H2,(H,19,20). The number of aryl methyl sites for hydroxylation is 1. The lowest BCUT2D eigenvalue weighted by Crippen LogP contribution is -2.22. The number of rotatable bonds is 5. The van der Waals surface area contributed by atoms with Crippen LogP contribution in [0, 0.1) is 11.8 Å². The van der Waals surface area contributed by atoms with E-state index < -0.39 is 0 Å². The molecular weight excluding hydrogens is 280 g/mol. The van der Waals surface area contributed by atoms with Crippen LogP contribution in [0.2, 0.25) is 0 Å². The van der Waals surface area contributed by atoms with Crippen LogP contribution in [0.1, 0.15) is 21.7 Å². The van der Waals surface area contributed by atoms with Crippen molar-refractivity contribution in [1.29, 1.82) is 0 Å². The van der Waals surface area contributed by atoms with Crippen molar-refractivity contribution in [3.63, 3.8) is 0 Å². The average Bonchev–Trinajstić information content (AvgIpc) is 2.98. The predicted molar refractivity (Wildman–Crippen MR) is 86.9 cm³/mol. The molecule has 0 aliphatic heterocycles. The van der Waals surface area contributed by atoms with Crippen LogP contribution in [-0.2, 0) is 17.8 Å². The van der Waals surface area contributed by atoms with Crippen LogP contribution in [0.25, 0.3) is 0 Å². The molecule has 0 saturated heterocycles. The van der Waals surface area contributed by atoms with Crippen LogP contribution >= 0.6 is 11.3 Å². The maximum Gasteiger partial charge on any atom is 0.220 e. The summed E-state index contributed by atoms with van der Waals surface area (Å²) in [4.78, 5) is 13.9. The molecule has 1 aromatic carbocycles. The molecule has 1 heterocycles. The molecular formula is C17H18N2OS. The average molecular weight is 298 g/mol. The Morgan fingerprint density at radius 3 is 2.76 bits per heavy atom. The number of thiophene rings is 1. The van der Waals surface area contributed by atoms with E-state index in [0.29, 0.717) is 19.5 Å². The number of hydrogen-bond acceptors (Lipinski definition) is 3. The van der Waals surface area contributed by atoms with E-state index in [4.69, 9.17) is 5.73 Å². The summed E-state index contributed by atoms with van der Waals surface area (Å²) >= 11 is 1.59. The van der Waals surface area contributed by atoms with Gasteiger partial charge in [0.15, 0.2) is 0 Å². The first-order valence-corrected chi connectivity index (χ1v) is 7.68. The van der Waals surface area contributed by atoms with Gasteiger partial charge in [0.25, 0.3) is 0 Å². The Hall–Kier alpha value is -2.09. The van der Waals surface area contributed by atoms with Gasteiger partial charge in [-0.25, -0.2) is 0 Å². The van der Waals surface area contributed by atoms with Crippen LogP contribution < -0.4 is 11.1 Å². The summed E-state index contributed by atoms with van der Waals surface area (Å²) in [6.45, 7) is 0.923. The summed E-state index contributed by atoms with van der Waals surface area (Å²) < 4.78 is 0. The minimum Gasteiger partial charge on any atom is -0.351 e. The smallest absolute Gasteiger partial charge is 0.220 e. The molecule has 2 rings (SSSR count). The second-order valence-corrected chi connectivity index (χ2v) is 5.70. The highest BCUT2D eigenvalue weighted by molar-refractivity contribution is 7.12. The first kappa shape index (κ1) is 15.3. The van der Waals surface area contributed by atoms with Gasteiger partial charge < -0.3 is 11.1 Å². The number of carbonyl (C=O) groups excluding carboxylic acids is 1. The molecule has 3 N–H and O–H groups in total. The van der Waals surface area contributed by atoms with Crippen LogP contribution in [0.4, 0.5) is 0 Å². The van der Waals surface area contributed by atoms with Gasteiger partial charge in [0.2, 0.25) is 5.91 Å². The molecule has 0 fully saturated rings. The summed E-state index contributed by atoms with van der Waals surface area (Å²) in [7, 11) is 0. The summed E-state index contributed by atoms with van der Waals surface area (Å²) in [5.74, 6) is 5.88. The summed E-state index contributed by atoms with van der Waals surface area (Å²) in [5, 5.41) is 2.94. The summed E-state index contributed by atoms with van der Waals surface area (Å²) in [5.41, 5.74) is 6.52. The van der Waals surface area contributed by atoms with E-state index in [1.54, 1.807) is 11.3 Å². The molecule has 0 unspecified atom stereocenters. The number of hydrogen-bond donors (Lipinski definition) is 2. The second kappa shape index (κ2) is 8.25. The third-order valence-corrected chi connectivity index (χ3v) is 3.92. The minimum absolute atomic E-state index is 0.0712. The molecule has 0 saturated carbocycles. The SMILES string of the molecule is NCC#Cc1ccc(CNC(=O)CCc2ccccc2)s1. The lowest BCUT2D eigenvalue weighted by Gasteiger charge is -2.03. The lowest BCUT2D eigenvalue weighted by atomic mass is 10.1. The monoisotopic (exact) mass is 298 g/mol. The third-order valence-electron chi connectivity index (χ3n) is 2.92. The van der Waals surface area contributed by atoms with E-state index in [1.165, 1.54) is 5.56 Å². The third kappa shape index (κ3) is 5.42. The highest BCUT2D eigenvalue weighted by Crippen LogP contribution is 2.15. The quantitative estimate of drug-likeness (QED) is 0.832. The molecule has 1 aromatic heterocycles. The van der Waals surface area contributed by atoms with Crippen molar-refractivity contribution in [3.8, 4) is 11.8 Å². The number of amides is 1. The van der Waals surface area contributed by atoms with Crippen molar-refractivity contribution in [2.24, 2.45) is 5.73 Å². The van der Waals surface area contributed by atoms with E-state index >= 15 is 0 Å². The van der Waals surface area contributed by atoms with Crippen molar-refractivity contribution < 1.29 is 4.79 Å². The number of benzene rings is 1. The minimum atomic E-state index is 0.0712. The van der Waals surface area contributed by atoms with Crippen molar-refractivity contribution >= 4 is 17.2 Å². The summed E-state index contributed by atoms with van der Waals surface area (Å²) in [6.07, 6.45) is 1.28. The fraction of sp³-hybridized carbons (Fsp3) is 0.235.